The summed E-state index contributed by atoms with van der Waals surface area (Å²) < 4.78 is 31.8. The molecule has 0 aliphatic heterocycles. The first-order chi connectivity index (χ1) is 14.1. The Bertz CT molecular complexity index is 1040. The Morgan fingerprint density at radius 1 is 1.13 bits per heavy atom. The molecule has 0 heterocycles. The number of rotatable bonds is 8. The molecule has 7 nitrogen and oxygen atoms in total. The average molecular weight is 453 g/mol. The molecular weight excluding hydrogens is 428 g/mol. The number of hydrogen-bond acceptors (Lipinski definition) is 5. The van der Waals surface area contributed by atoms with Gasteiger partial charge < -0.3 is 10.1 Å². The summed E-state index contributed by atoms with van der Waals surface area (Å²) >= 11 is 5.95. The molecule has 0 spiro atoms. The van der Waals surface area contributed by atoms with Crippen LogP contribution < -0.4 is 5.32 Å². The molecule has 1 N–H and O–H groups in total. The van der Waals surface area contributed by atoms with Gasteiger partial charge in [-0.2, -0.15) is 4.31 Å². The summed E-state index contributed by atoms with van der Waals surface area (Å²) in [5, 5.41) is 3.13. The molecule has 162 valence electrons. The second kappa shape index (κ2) is 10.1. The minimum absolute atomic E-state index is 0.00712. The first kappa shape index (κ1) is 23.9. The maximum Gasteiger partial charge on any atom is 0.338 e. The van der Waals surface area contributed by atoms with E-state index in [-0.39, 0.29) is 10.5 Å². The van der Waals surface area contributed by atoms with Gasteiger partial charge in [0.1, 0.15) is 0 Å². The summed E-state index contributed by atoms with van der Waals surface area (Å²) in [6.07, 6.45) is -1.10. The molecular formula is C21H25ClN2O5S. The zero-order valence-electron chi connectivity index (χ0n) is 17.3. The molecule has 0 saturated carbocycles. The van der Waals surface area contributed by atoms with Crippen LogP contribution in [0, 0.1) is 6.92 Å². The van der Waals surface area contributed by atoms with Crippen LogP contribution in [0.1, 0.15) is 36.7 Å². The van der Waals surface area contributed by atoms with Crippen LogP contribution in [0.3, 0.4) is 0 Å². The molecule has 9 heteroatoms. The van der Waals surface area contributed by atoms with Crippen LogP contribution in [0.15, 0.2) is 47.4 Å². The lowest BCUT2D eigenvalue weighted by Crippen LogP contribution is -2.31. The highest BCUT2D eigenvalue weighted by Crippen LogP contribution is 2.21. The van der Waals surface area contributed by atoms with E-state index in [1.807, 2.05) is 6.92 Å². The van der Waals surface area contributed by atoms with E-state index in [4.69, 9.17) is 16.3 Å². The fraction of sp³-hybridized carbons (Fsp3) is 0.333. The molecule has 2 aromatic rings. The Kier molecular flexibility index (Phi) is 8.00. The number of esters is 1. The number of amides is 1. The standard InChI is InChI=1S/C21H25ClN2O5S/c1-5-24(6-2)30(27,28)18-9-7-8-16(12-18)21(26)29-15(4)20(25)23-19-13-17(22)11-10-14(19)3/h7-13,15H,5-6H2,1-4H3,(H,23,25). The third-order valence-corrected chi connectivity index (χ3v) is 6.80. The molecule has 0 aromatic heterocycles. The molecule has 0 saturated heterocycles. The first-order valence-corrected chi connectivity index (χ1v) is 11.3. The second-order valence-electron chi connectivity index (χ2n) is 6.61. The van der Waals surface area contributed by atoms with Gasteiger partial charge in [-0.15, -0.1) is 0 Å². The van der Waals surface area contributed by atoms with Crippen molar-refractivity contribution in [2.45, 2.75) is 38.7 Å². The minimum Gasteiger partial charge on any atom is -0.449 e. The molecule has 0 bridgehead atoms. The highest BCUT2D eigenvalue weighted by atomic mass is 35.5. The Morgan fingerprint density at radius 2 is 1.80 bits per heavy atom. The van der Waals surface area contributed by atoms with Gasteiger partial charge in [-0.25, -0.2) is 13.2 Å². The third kappa shape index (κ3) is 5.59. The number of halogens is 1. The van der Waals surface area contributed by atoms with Crippen LogP contribution in [0.5, 0.6) is 0 Å². The lowest BCUT2D eigenvalue weighted by Gasteiger charge is -2.19. The van der Waals surface area contributed by atoms with Crippen molar-refractivity contribution in [2.75, 3.05) is 18.4 Å². The summed E-state index contributed by atoms with van der Waals surface area (Å²) in [6.45, 7) is 7.34. The Morgan fingerprint density at radius 3 is 2.43 bits per heavy atom. The Hall–Kier alpha value is -2.42. The predicted octanol–water partition coefficient (Wildman–Crippen LogP) is 3.86. The average Bonchev–Trinajstić information content (AvgIpc) is 2.71. The molecule has 0 aliphatic rings. The molecule has 0 fully saturated rings. The van der Waals surface area contributed by atoms with Crippen molar-refractivity contribution in [1.82, 2.24) is 4.31 Å². The van der Waals surface area contributed by atoms with Gasteiger partial charge in [0.05, 0.1) is 10.5 Å². The molecule has 30 heavy (non-hydrogen) atoms. The lowest BCUT2D eigenvalue weighted by atomic mass is 10.2. The normalized spacial score (nSPS) is 12.5. The molecule has 2 aromatic carbocycles. The monoisotopic (exact) mass is 452 g/mol. The van der Waals surface area contributed by atoms with Gasteiger partial charge in [-0.05, 0) is 49.7 Å². The van der Waals surface area contributed by atoms with Crippen molar-refractivity contribution in [1.29, 1.82) is 0 Å². The molecule has 0 radical (unpaired) electrons. The fourth-order valence-corrected chi connectivity index (χ4v) is 4.42. The van der Waals surface area contributed by atoms with Crippen molar-refractivity contribution >= 4 is 39.2 Å². The van der Waals surface area contributed by atoms with E-state index in [2.05, 4.69) is 5.32 Å². The summed E-state index contributed by atoms with van der Waals surface area (Å²) in [7, 11) is -3.72. The SMILES string of the molecule is CCN(CC)S(=O)(=O)c1cccc(C(=O)OC(C)C(=O)Nc2cc(Cl)ccc2C)c1. The number of aryl methyl sites for hydroxylation is 1. The van der Waals surface area contributed by atoms with E-state index in [9.17, 15) is 18.0 Å². The molecule has 1 atom stereocenters. The van der Waals surface area contributed by atoms with Crippen LogP contribution in [-0.2, 0) is 19.6 Å². The van der Waals surface area contributed by atoms with E-state index in [1.165, 1.54) is 35.5 Å². The fourth-order valence-electron chi connectivity index (χ4n) is 2.74. The quantitative estimate of drug-likeness (QED) is 0.614. The molecule has 1 unspecified atom stereocenters. The van der Waals surface area contributed by atoms with Gasteiger partial charge >= 0.3 is 5.97 Å². The molecule has 1 amide bonds. The topological polar surface area (TPSA) is 92.8 Å². The zero-order valence-corrected chi connectivity index (χ0v) is 18.9. The van der Waals surface area contributed by atoms with Gasteiger partial charge in [0.25, 0.3) is 5.91 Å². The highest BCUT2D eigenvalue weighted by molar-refractivity contribution is 7.89. The van der Waals surface area contributed by atoms with Gasteiger partial charge in [0, 0.05) is 23.8 Å². The second-order valence-corrected chi connectivity index (χ2v) is 8.99. The number of ether oxygens (including phenoxy) is 1. The number of anilines is 1. The number of benzene rings is 2. The number of nitrogens with one attached hydrogen (secondary N) is 1. The number of nitrogens with zero attached hydrogens (tertiary/aromatic N) is 1. The van der Waals surface area contributed by atoms with Crippen LogP contribution >= 0.6 is 11.6 Å². The van der Waals surface area contributed by atoms with Crippen LogP contribution in [0.4, 0.5) is 5.69 Å². The van der Waals surface area contributed by atoms with Gasteiger partial charge in [0.2, 0.25) is 10.0 Å². The van der Waals surface area contributed by atoms with Crippen molar-refractivity contribution in [2.24, 2.45) is 0 Å². The van der Waals surface area contributed by atoms with Crippen molar-refractivity contribution in [3.8, 4) is 0 Å². The Balaban J connectivity index is 2.14. The van der Waals surface area contributed by atoms with E-state index in [0.717, 1.165) is 5.56 Å². The van der Waals surface area contributed by atoms with Crippen LogP contribution in [0.25, 0.3) is 0 Å². The highest BCUT2D eigenvalue weighted by Gasteiger charge is 2.24. The van der Waals surface area contributed by atoms with Crippen molar-refractivity contribution in [3.63, 3.8) is 0 Å². The third-order valence-electron chi connectivity index (χ3n) is 4.52. The van der Waals surface area contributed by atoms with Crippen molar-refractivity contribution in [3.05, 3.63) is 58.6 Å². The Labute approximate surface area is 182 Å². The van der Waals surface area contributed by atoms with E-state index in [0.29, 0.717) is 23.8 Å². The predicted molar refractivity (Wildman–Crippen MR) is 116 cm³/mol. The van der Waals surface area contributed by atoms with Crippen LogP contribution in [-0.4, -0.2) is 43.8 Å². The molecule has 2 rings (SSSR count). The number of carbonyl (C=O) groups excluding carboxylic acids is 2. The summed E-state index contributed by atoms with van der Waals surface area (Å²) in [4.78, 5) is 24.9. The lowest BCUT2D eigenvalue weighted by molar-refractivity contribution is -0.123. The van der Waals surface area contributed by atoms with E-state index >= 15 is 0 Å². The summed E-state index contributed by atoms with van der Waals surface area (Å²) in [5.74, 6) is -1.32. The largest absolute Gasteiger partial charge is 0.449 e. The van der Waals surface area contributed by atoms with E-state index in [1.54, 1.807) is 32.0 Å². The van der Waals surface area contributed by atoms with Gasteiger partial charge in [0.15, 0.2) is 6.10 Å². The first-order valence-electron chi connectivity index (χ1n) is 9.48. The molecule has 0 aliphatic carbocycles. The number of hydrogen-bond donors (Lipinski definition) is 1. The maximum absolute atomic E-state index is 12.7. The smallest absolute Gasteiger partial charge is 0.338 e. The van der Waals surface area contributed by atoms with Crippen molar-refractivity contribution < 1.29 is 22.7 Å². The maximum atomic E-state index is 12.7. The minimum atomic E-state index is -3.72. The number of sulfonamides is 1. The summed E-state index contributed by atoms with van der Waals surface area (Å²) in [5.41, 5.74) is 1.37. The van der Waals surface area contributed by atoms with Gasteiger partial charge in [-0.1, -0.05) is 37.6 Å². The summed E-state index contributed by atoms with van der Waals surface area (Å²) in [6, 6.07) is 10.6. The van der Waals surface area contributed by atoms with Gasteiger partial charge in [-0.3, -0.25) is 4.79 Å². The zero-order chi connectivity index (χ0) is 22.5. The number of carbonyl (C=O) groups is 2. The van der Waals surface area contributed by atoms with Crippen LogP contribution in [0.2, 0.25) is 5.02 Å². The van der Waals surface area contributed by atoms with E-state index < -0.39 is 28.0 Å².